The van der Waals surface area contributed by atoms with Gasteiger partial charge in [0.1, 0.15) is 22.7 Å². The Labute approximate surface area is 203 Å². The number of nitrogens with zero attached hydrogens (tertiary/aromatic N) is 7. The number of carbonyl (C=O) groups excluding carboxylic acids is 2. The second kappa shape index (κ2) is 9.10. The van der Waals surface area contributed by atoms with Crippen molar-refractivity contribution in [2.24, 2.45) is 7.05 Å². The molecule has 188 valence electrons. The quantitative estimate of drug-likeness (QED) is 0.402. The van der Waals surface area contributed by atoms with Crippen molar-refractivity contribution in [2.75, 3.05) is 5.32 Å². The number of carbonyl (C=O) groups is 2. The molecule has 0 saturated heterocycles. The minimum absolute atomic E-state index is 0.0399. The molecule has 16 heteroatoms. The first kappa shape index (κ1) is 24.9. The standard InChI is InChI=1S/C20H17F3N8O4S/c1-9(32)6-30-17(34)13-14(29(3)19(30)35)26-8-31(13)10(2)15(33)27-12-7-36-16(28-12)11-4-24-18(25-5-11)20(21,22)23/h4-5,7-8,10H,6H2,1-3H3,(H,27,33)/t10-/m0/s1. The van der Waals surface area contributed by atoms with E-state index in [0.717, 1.165) is 32.9 Å². The van der Waals surface area contributed by atoms with Crippen molar-refractivity contribution in [3.63, 3.8) is 0 Å². The predicted octanol–water partition coefficient (Wildman–Crippen LogP) is 1.62. The Bertz CT molecular complexity index is 1600. The summed E-state index contributed by atoms with van der Waals surface area (Å²) >= 11 is 1.05. The molecule has 0 bridgehead atoms. The van der Waals surface area contributed by atoms with E-state index in [1.165, 1.54) is 37.2 Å². The van der Waals surface area contributed by atoms with Crippen LogP contribution in [0.5, 0.6) is 0 Å². The Hall–Kier alpha value is -4.21. The van der Waals surface area contributed by atoms with E-state index in [2.05, 4.69) is 25.3 Å². The van der Waals surface area contributed by atoms with Crippen LogP contribution in [0.4, 0.5) is 19.0 Å². The maximum Gasteiger partial charge on any atom is 0.451 e. The number of anilines is 1. The van der Waals surface area contributed by atoms with Crippen LogP contribution >= 0.6 is 11.3 Å². The Balaban J connectivity index is 1.60. The van der Waals surface area contributed by atoms with Crippen molar-refractivity contribution in [3.05, 3.63) is 50.8 Å². The number of amides is 1. The number of Topliss-reactive ketones (excluding diaryl/α,β-unsaturated/α-hetero) is 1. The number of ketones is 1. The first-order valence-electron chi connectivity index (χ1n) is 10.2. The van der Waals surface area contributed by atoms with E-state index in [-0.39, 0.29) is 27.6 Å². The minimum atomic E-state index is -4.67. The van der Waals surface area contributed by atoms with Crippen LogP contribution in [0, 0.1) is 0 Å². The lowest BCUT2D eigenvalue weighted by molar-refractivity contribution is -0.145. The topological polar surface area (TPSA) is 147 Å². The van der Waals surface area contributed by atoms with Crippen LogP contribution in [-0.2, 0) is 29.4 Å². The number of imidazole rings is 1. The van der Waals surface area contributed by atoms with Gasteiger partial charge in [-0.15, -0.1) is 11.3 Å². The monoisotopic (exact) mass is 522 g/mol. The SMILES string of the molecule is CC(=O)Cn1c(=O)c2c(ncn2[C@@H](C)C(=O)Nc2csc(-c3cnc(C(F)(F)F)nc3)n2)n(C)c1=O. The maximum absolute atomic E-state index is 13.0. The second-order valence-electron chi connectivity index (χ2n) is 7.76. The van der Waals surface area contributed by atoms with Gasteiger partial charge in [0.05, 0.1) is 12.9 Å². The molecule has 36 heavy (non-hydrogen) atoms. The lowest BCUT2D eigenvalue weighted by atomic mass is 10.3. The number of alkyl halides is 3. The third kappa shape index (κ3) is 4.53. The Morgan fingerprint density at radius 3 is 2.44 bits per heavy atom. The van der Waals surface area contributed by atoms with Gasteiger partial charge < -0.3 is 9.88 Å². The van der Waals surface area contributed by atoms with E-state index < -0.39 is 47.5 Å². The summed E-state index contributed by atoms with van der Waals surface area (Å²) < 4.78 is 41.1. The number of hydrogen-bond donors (Lipinski definition) is 1. The summed E-state index contributed by atoms with van der Waals surface area (Å²) in [5, 5.41) is 4.33. The number of aryl methyl sites for hydroxylation is 1. The minimum Gasteiger partial charge on any atom is -0.312 e. The van der Waals surface area contributed by atoms with Gasteiger partial charge in [-0.1, -0.05) is 0 Å². The van der Waals surface area contributed by atoms with Gasteiger partial charge in [0.2, 0.25) is 11.7 Å². The molecule has 4 heterocycles. The van der Waals surface area contributed by atoms with Crippen molar-refractivity contribution < 1.29 is 22.8 Å². The first-order chi connectivity index (χ1) is 16.9. The zero-order chi connectivity index (χ0) is 26.4. The van der Waals surface area contributed by atoms with Crippen LogP contribution in [0.3, 0.4) is 0 Å². The summed E-state index contributed by atoms with van der Waals surface area (Å²) in [6.45, 7) is 2.30. The smallest absolute Gasteiger partial charge is 0.312 e. The highest BCUT2D eigenvalue weighted by molar-refractivity contribution is 7.13. The molecule has 1 amide bonds. The van der Waals surface area contributed by atoms with E-state index >= 15 is 0 Å². The highest BCUT2D eigenvalue weighted by Gasteiger charge is 2.34. The maximum atomic E-state index is 13.0. The fraction of sp³-hybridized carbons (Fsp3) is 0.300. The number of rotatable bonds is 6. The Morgan fingerprint density at radius 2 is 1.83 bits per heavy atom. The lowest BCUT2D eigenvalue weighted by Crippen LogP contribution is -2.41. The van der Waals surface area contributed by atoms with Gasteiger partial charge in [-0.25, -0.2) is 24.7 Å². The summed E-state index contributed by atoms with van der Waals surface area (Å²) in [6.07, 6.45) is -1.47. The van der Waals surface area contributed by atoms with E-state index in [1.54, 1.807) is 0 Å². The molecule has 0 radical (unpaired) electrons. The van der Waals surface area contributed by atoms with Crippen molar-refractivity contribution in [1.82, 2.24) is 33.6 Å². The van der Waals surface area contributed by atoms with Crippen LogP contribution in [0.25, 0.3) is 21.7 Å². The molecule has 1 atom stereocenters. The van der Waals surface area contributed by atoms with Crippen LogP contribution in [0.2, 0.25) is 0 Å². The van der Waals surface area contributed by atoms with Crippen LogP contribution in [0.15, 0.2) is 33.7 Å². The highest BCUT2D eigenvalue weighted by Crippen LogP contribution is 2.29. The van der Waals surface area contributed by atoms with Gasteiger partial charge in [0.25, 0.3) is 5.56 Å². The second-order valence-corrected chi connectivity index (χ2v) is 8.61. The van der Waals surface area contributed by atoms with Crippen molar-refractivity contribution in [3.8, 4) is 10.6 Å². The summed E-state index contributed by atoms with van der Waals surface area (Å²) in [5.41, 5.74) is -1.25. The highest BCUT2D eigenvalue weighted by atomic mass is 32.1. The molecule has 12 nitrogen and oxygen atoms in total. The largest absolute Gasteiger partial charge is 0.451 e. The molecule has 0 aromatic carbocycles. The lowest BCUT2D eigenvalue weighted by Gasteiger charge is -2.14. The van der Waals surface area contributed by atoms with Gasteiger partial charge in [-0.2, -0.15) is 13.2 Å². The molecule has 0 aliphatic heterocycles. The third-order valence-electron chi connectivity index (χ3n) is 5.14. The Kier molecular flexibility index (Phi) is 6.30. The number of halogens is 3. The van der Waals surface area contributed by atoms with E-state index in [0.29, 0.717) is 0 Å². The van der Waals surface area contributed by atoms with Gasteiger partial charge in [0, 0.05) is 30.4 Å². The zero-order valence-electron chi connectivity index (χ0n) is 18.9. The van der Waals surface area contributed by atoms with Gasteiger partial charge >= 0.3 is 11.9 Å². The average molecular weight is 522 g/mol. The van der Waals surface area contributed by atoms with Crippen molar-refractivity contribution >= 4 is 40.0 Å². The van der Waals surface area contributed by atoms with Crippen molar-refractivity contribution in [2.45, 2.75) is 32.6 Å². The normalized spacial score (nSPS) is 12.6. The first-order valence-corrected chi connectivity index (χ1v) is 11.1. The molecule has 1 N–H and O–H groups in total. The molecule has 0 spiro atoms. The van der Waals surface area contributed by atoms with Gasteiger partial charge in [-0.3, -0.25) is 23.5 Å². The number of hydrogen-bond acceptors (Lipinski definition) is 9. The summed E-state index contributed by atoms with van der Waals surface area (Å²) in [6, 6.07) is -0.981. The molecule has 4 aromatic rings. The van der Waals surface area contributed by atoms with E-state index in [1.807, 2.05) is 0 Å². The molecule has 0 saturated carbocycles. The summed E-state index contributed by atoms with van der Waals surface area (Å²) in [4.78, 5) is 64.7. The molecular weight excluding hydrogens is 505 g/mol. The average Bonchev–Trinajstić information content (AvgIpc) is 3.47. The fourth-order valence-corrected chi connectivity index (χ4v) is 4.08. The summed E-state index contributed by atoms with van der Waals surface area (Å²) in [7, 11) is 1.39. The molecule has 0 fully saturated rings. The van der Waals surface area contributed by atoms with E-state index in [4.69, 9.17) is 0 Å². The van der Waals surface area contributed by atoms with Gasteiger partial charge in [0.15, 0.2) is 11.2 Å². The van der Waals surface area contributed by atoms with Crippen LogP contribution < -0.4 is 16.6 Å². The Morgan fingerprint density at radius 1 is 1.17 bits per heavy atom. The molecule has 0 aliphatic carbocycles. The van der Waals surface area contributed by atoms with Crippen molar-refractivity contribution in [1.29, 1.82) is 0 Å². The molecule has 4 aromatic heterocycles. The summed E-state index contributed by atoms with van der Waals surface area (Å²) in [5.74, 6) is -2.14. The molecule has 4 rings (SSSR count). The molecular formula is C20H17F3N8O4S. The number of thiazole rings is 1. The van der Waals surface area contributed by atoms with Gasteiger partial charge in [-0.05, 0) is 13.8 Å². The molecule has 0 unspecified atom stereocenters. The van der Waals surface area contributed by atoms with Crippen LogP contribution in [-0.4, -0.2) is 45.3 Å². The third-order valence-corrected chi connectivity index (χ3v) is 6.03. The number of aromatic nitrogens is 7. The predicted molar refractivity (Wildman–Crippen MR) is 121 cm³/mol. The van der Waals surface area contributed by atoms with Crippen LogP contribution in [0.1, 0.15) is 25.7 Å². The fourth-order valence-electron chi connectivity index (χ4n) is 3.35. The molecule has 0 aliphatic rings. The van der Waals surface area contributed by atoms with E-state index in [9.17, 15) is 32.3 Å². The zero-order valence-corrected chi connectivity index (χ0v) is 19.7. The number of fused-ring (bicyclic) bond motifs is 1. The number of nitrogens with one attached hydrogen (secondary N) is 1.